The molecule has 2 aromatic carbocycles. The number of para-hydroxylation sites is 1. The van der Waals surface area contributed by atoms with E-state index in [1.807, 2.05) is 7.11 Å². The van der Waals surface area contributed by atoms with Gasteiger partial charge in [-0.2, -0.15) is 0 Å². The highest BCUT2D eigenvalue weighted by Crippen LogP contribution is 2.58. The predicted octanol–water partition coefficient (Wildman–Crippen LogP) is 5.25. The number of methoxy groups -OCH3 is 1. The van der Waals surface area contributed by atoms with Gasteiger partial charge in [0.2, 0.25) is 5.88 Å². The summed E-state index contributed by atoms with van der Waals surface area (Å²) in [5.41, 5.74) is 7.20. The molecule has 5 rings (SSSR count). The highest BCUT2D eigenvalue weighted by atomic mass is 16.5. The van der Waals surface area contributed by atoms with Crippen molar-refractivity contribution in [1.29, 1.82) is 0 Å². The van der Waals surface area contributed by atoms with Crippen LogP contribution in [-0.4, -0.2) is 11.7 Å². The molecule has 0 saturated heterocycles. The van der Waals surface area contributed by atoms with Gasteiger partial charge < -0.3 is 4.74 Å². The zero-order chi connectivity index (χ0) is 16.8. The summed E-state index contributed by atoms with van der Waals surface area (Å²) in [4.78, 5) is 0. The predicted molar refractivity (Wildman–Crippen MR) is 101 cm³/mol. The molecule has 0 aliphatic heterocycles. The standard InChI is InChI=1S/C23H23NO/c1-25-23-19-14-8-13-18(19)22(24(23)17-11-6-3-7-12-17)21-15-20(21)16-9-4-2-5-10-16/h2-7,9-12,20-21H,8,13-15H2,1H3/t20-,21-/m0/s1. The average Bonchev–Trinajstić information content (AvgIpc) is 3.19. The van der Waals surface area contributed by atoms with Crippen molar-refractivity contribution in [3.05, 3.63) is 83.0 Å². The van der Waals surface area contributed by atoms with E-state index in [1.54, 1.807) is 5.56 Å². The Morgan fingerprint density at radius 1 is 0.840 bits per heavy atom. The molecule has 0 unspecified atom stereocenters. The second-order valence-corrected chi connectivity index (χ2v) is 7.24. The Bertz CT molecular complexity index is 895. The van der Waals surface area contributed by atoms with Crippen molar-refractivity contribution in [2.24, 2.45) is 0 Å². The summed E-state index contributed by atoms with van der Waals surface area (Å²) in [7, 11) is 1.82. The lowest BCUT2D eigenvalue weighted by atomic mass is 10.0. The fraction of sp³-hybridized carbons (Fsp3) is 0.304. The Labute approximate surface area is 149 Å². The molecule has 1 fully saturated rings. The van der Waals surface area contributed by atoms with Gasteiger partial charge in [0.1, 0.15) is 0 Å². The van der Waals surface area contributed by atoms with Crippen molar-refractivity contribution < 1.29 is 4.74 Å². The largest absolute Gasteiger partial charge is 0.482 e. The molecule has 2 atom stereocenters. The van der Waals surface area contributed by atoms with Gasteiger partial charge in [-0.05, 0) is 54.9 Å². The van der Waals surface area contributed by atoms with Crippen LogP contribution in [0.5, 0.6) is 5.88 Å². The molecular weight excluding hydrogens is 306 g/mol. The van der Waals surface area contributed by atoms with Crippen LogP contribution in [0.3, 0.4) is 0 Å². The van der Waals surface area contributed by atoms with Gasteiger partial charge in [-0.25, -0.2) is 0 Å². The van der Waals surface area contributed by atoms with Crippen LogP contribution in [0.1, 0.15) is 47.1 Å². The van der Waals surface area contributed by atoms with Crippen molar-refractivity contribution >= 4 is 0 Å². The Balaban J connectivity index is 1.65. The van der Waals surface area contributed by atoms with Gasteiger partial charge in [0.25, 0.3) is 0 Å². The van der Waals surface area contributed by atoms with Crippen molar-refractivity contribution in [1.82, 2.24) is 4.57 Å². The molecular formula is C23H23NO. The minimum Gasteiger partial charge on any atom is -0.482 e. The minimum absolute atomic E-state index is 0.610. The average molecular weight is 329 g/mol. The fourth-order valence-electron chi connectivity index (χ4n) is 4.65. The third-order valence-corrected chi connectivity index (χ3v) is 5.81. The molecule has 0 spiro atoms. The highest BCUT2D eigenvalue weighted by molar-refractivity contribution is 5.55. The number of fused-ring (bicyclic) bond motifs is 1. The number of rotatable bonds is 4. The number of benzene rings is 2. The maximum Gasteiger partial charge on any atom is 0.201 e. The third kappa shape index (κ3) is 2.31. The third-order valence-electron chi connectivity index (χ3n) is 5.81. The summed E-state index contributed by atoms with van der Waals surface area (Å²) < 4.78 is 8.31. The summed E-state index contributed by atoms with van der Waals surface area (Å²) in [6.07, 6.45) is 4.84. The van der Waals surface area contributed by atoms with Crippen LogP contribution in [0.2, 0.25) is 0 Å². The Morgan fingerprint density at radius 3 is 2.24 bits per heavy atom. The Hall–Kier alpha value is -2.48. The Morgan fingerprint density at radius 2 is 1.52 bits per heavy atom. The summed E-state index contributed by atoms with van der Waals surface area (Å²) in [6.45, 7) is 0. The van der Waals surface area contributed by atoms with Gasteiger partial charge in [-0.1, -0.05) is 48.5 Å². The second-order valence-electron chi connectivity index (χ2n) is 7.24. The summed E-state index contributed by atoms with van der Waals surface area (Å²) in [5.74, 6) is 2.32. The summed E-state index contributed by atoms with van der Waals surface area (Å²) in [5, 5.41) is 0. The van der Waals surface area contributed by atoms with Crippen molar-refractivity contribution in [3.8, 4) is 11.6 Å². The van der Waals surface area contributed by atoms with E-state index in [9.17, 15) is 0 Å². The minimum atomic E-state index is 0.610. The van der Waals surface area contributed by atoms with E-state index in [0.717, 1.165) is 12.3 Å². The monoisotopic (exact) mass is 329 g/mol. The summed E-state index contributed by atoms with van der Waals surface area (Å²) in [6, 6.07) is 21.7. The van der Waals surface area contributed by atoms with Crippen LogP contribution in [0.25, 0.3) is 5.69 Å². The molecule has 0 radical (unpaired) electrons. The van der Waals surface area contributed by atoms with E-state index < -0.39 is 0 Å². The van der Waals surface area contributed by atoms with Gasteiger partial charge in [0, 0.05) is 22.9 Å². The van der Waals surface area contributed by atoms with Crippen LogP contribution < -0.4 is 4.74 Å². The van der Waals surface area contributed by atoms with Crippen LogP contribution in [0, 0.1) is 0 Å². The number of hydrogen-bond donors (Lipinski definition) is 0. The molecule has 1 saturated carbocycles. The first kappa shape index (κ1) is 14.8. The van der Waals surface area contributed by atoms with E-state index in [4.69, 9.17) is 4.74 Å². The van der Waals surface area contributed by atoms with Gasteiger partial charge in [-0.15, -0.1) is 0 Å². The van der Waals surface area contributed by atoms with Crippen LogP contribution in [0.15, 0.2) is 60.7 Å². The van der Waals surface area contributed by atoms with Gasteiger partial charge in [0.05, 0.1) is 7.11 Å². The van der Waals surface area contributed by atoms with E-state index in [2.05, 4.69) is 65.2 Å². The molecule has 3 aromatic rings. The van der Waals surface area contributed by atoms with Crippen LogP contribution in [-0.2, 0) is 12.8 Å². The molecule has 1 heterocycles. The van der Waals surface area contributed by atoms with Crippen molar-refractivity contribution in [2.45, 2.75) is 37.5 Å². The SMILES string of the molecule is COc1c2c(c([C@H]3C[C@H]3c3ccccc3)n1-c1ccccc1)CCC2. The fourth-order valence-corrected chi connectivity index (χ4v) is 4.65. The van der Waals surface area contributed by atoms with E-state index in [1.165, 1.54) is 41.8 Å². The lowest BCUT2D eigenvalue weighted by Gasteiger charge is -2.15. The first-order chi connectivity index (χ1) is 12.4. The van der Waals surface area contributed by atoms with Crippen molar-refractivity contribution in [2.75, 3.05) is 7.11 Å². The first-order valence-corrected chi connectivity index (χ1v) is 9.29. The molecule has 2 aliphatic carbocycles. The Kier molecular flexibility index (Phi) is 3.44. The zero-order valence-electron chi connectivity index (χ0n) is 14.6. The lowest BCUT2D eigenvalue weighted by Crippen LogP contribution is -2.04. The van der Waals surface area contributed by atoms with E-state index in [0.29, 0.717) is 11.8 Å². The quantitative estimate of drug-likeness (QED) is 0.638. The smallest absolute Gasteiger partial charge is 0.201 e. The molecule has 25 heavy (non-hydrogen) atoms. The van der Waals surface area contributed by atoms with Gasteiger partial charge >= 0.3 is 0 Å². The highest BCUT2D eigenvalue weighted by Gasteiger charge is 2.45. The zero-order valence-corrected chi connectivity index (χ0v) is 14.6. The molecule has 2 aliphatic rings. The topological polar surface area (TPSA) is 14.2 Å². The molecule has 2 nitrogen and oxygen atoms in total. The van der Waals surface area contributed by atoms with Crippen LogP contribution >= 0.6 is 0 Å². The number of nitrogens with zero attached hydrogens (tertiary/aromatic N) is 1. The molecule has 126 valence electrons. The molecule has 0 N–H and O–H groups in total. The molecule has 2 heteroatoms. The number of ether oxygens (including phenoxy) is 1. The van der Waals surface area contributed by atoms with E-state index in [-0.39, 0.29) is 0 Å². The normalized spacial score (nSPS) is 21.2. The van der Waals surface area contributed by atoms with Gasteiger partial charge in [0.15, 0.2) is 0 Å². The van der Waals surface area contributed by atoms with Gasteiger partial charge in [-0.3, -0.25) is 4.57 Å². The van der Waals surface area contributed by atoms with Crippen molar-refractivity contribution in [3.63, 3.8) is 0 Å². The number of aromatic nitrogens is 1. The van der Waals surface area contributed by atoms with E-state index >= 15 is 0 Å². The van der Waals surface area contributed by atoms with Crippen LogP contribution in [0.4, 0.5) is 0 Å². The maximum atomic E-state index is 5.91. The molecule has 0 amide bonds. The molecule has 1 aromatic heterocycles. The molecule has 0 bridgehead atoms. The summed E-state index contributed by atoms with van der Waals surface area (Å²) >= 11 is 0. The lowest BCUT2D eigenvalue weighted by molar-refractivity contribution is 0.383. The first-order valence-electron chi connectivity index (χ1n) is 9.29. The second kappa shape index (κ2) is 5.80. The maximum absolute atomic E-state index is 5.91. The number of hydrogen-bond acceptors (Lipinski definition) is 1.